The lowest BCUT2D eigenvalue weighted by atomic mass is 10.2. The van der Waals surface area contributed by atoms with Crippen molar-refractivity contribution < 1.29 is 23.6 Å². The summed E-state index contributed by atoms with van der Waals surface area (Å²) >= 11 is 0. The van der Waals surface area contributed by atoms with Gasteiger partial charge in [0, 0.05) is 12.1 Å². The minimum absolute atomic E-state index is 0.0257. The lowest BCUT2D eigenvalue weighted by Crippen LogP contribution is -2.47. The Labute approximate surface area is 172 Å². The van der Waals surface area contributed by atoms with Gasteiger partial charge in [-0.1, -0.05) is 5.16 Å². The molecule has 158 valence electrons. The maximum Gasteiger partial charge on any atom is 0.338 e. The average Bonchev–Trinajstić information content (AvgIpc) is 2.97. The van der Waals surface area contributed by atoms with Crippen molar-refractivity contribution in [2.24, 2.45) is 0 Å². The zero-order chi connectivity index (χ0) is 21.7. The number of carbonyl (C=O) groups is 2. The Morgan fingerprint density at radius 2 is 1.62 bits per heavy atom. The van der Waals surface area contributed by atoms with Gasteiger partial charge in [-0.15, -0.1) is 0 Å². The van der Waals surface area contributed by atoms with E-state index in [9.17, 15) is 9.59 Å². The largest absolute Gasteiger partial charge is 0.489 e. The number of aryl methyl sites for hydroxylation is 2. The highest BCUT2D eigenvalue weighted by Gasteiger charge is 2.28. The first-order valence-corrected chi connectivity index (χ1v) is 9.79. The molecule has 0 saturated heterocycles. The molecule has 0 aliphatic carbocycles. The number of ether oxygens (including phenoxy) is 2. The number of esters is 1. The van der Waals surface area contributed by atoms with Crippen LogP contribution in [0.5, 0.6) is 5.75 Å². The van der Waals surface area contributed by atoms with Crippen LogP contribution in [0.4, 0.5) is 0 Å². The molecule has 1 aromatic heterocycles. The maximum absolute atomic E-state index is 12.6. The van der Waals surface area contributed by atoms with Crippen molar-refractivity contribution in [1.82, 2.24) is 10.1 Å². The van der Waals surface area contributed by atoms with Crippen LogP contribution in [-0.4, -0.2) is 40.1 Å². The first-order valence-electron chi connectivity index (χ1n) is 9.79. The molecule has 1 atom stereocenters. The zero-order valence-corrected chi connectivity index (χ0v) is 18.2. The predicted molar refractivity (Wildman–Crippen MR) is 109 cm³/mol. The minimum atomic E-state index is -0.859. The Hall–Kier alpha value is -2.83. The Morgan fingerprint density at radius 3 is 2.10 bits per heavy atom. The van der Waals surface area contributed by atoms with Crippen molar-refractivity contribution in [3.8, 4) is 5.75 Å². The van der Waals surface area contributed by atoms with Gasteiger partial charge in [0.2, 0.25) is 0 Å². The molecule has 0 aliphatic heterocycles. The molecule has 0 N–H and O–H groups in total. The van der Waals surface area contributed by atoms with Crippen LogP contribution in [-0.2, 0) is 16.1 Å². The fourth-order valence-corrected chi connectivity index (χ4v) is 3.14. The van der Waals surface area contributed by atoms with Gasteiger partial charge in [0.25, 0.3) is 5.91 Å². The summed E-state index contributed by atoms with van der Waals surface area (Å²) in [6.07, 6.45) is -0.859. The molecule has 0 fully saturated rings. The standard InChI is InChI=1S/C22H30N2O5/c1-13(2)24(14(3)4)21(25)17(7)28-22(26)18-8-10-19(11-9-18)27-12-20-15(5)23-29-16(20)6/h8-11,13-14,17H,12H2,1-7H3/t17-/m0/s1. The average molecular weight is 402 g/mol. The second kappa shape index (κ2) is 9.58. The fraction of sp³-hybridized carbons (Fsp3) is 0.500. The van der Waals surface area contributed by atoms with E-state index in [1.807, 2.05) is 41.5 Å². The first kappa shape index (κ1) is 22.5. The van der Waals surface area contributed by atoms with Crippen LogP contribution in [0.3, 0.4) is 0 Å². The number of hydrogen-bond acceptors (Lipinski definition) is 6. The van der Waals surface area contributed by atoms with Crippen LogP contribution in [0.2, 0.25) is 0 Å². The van der Waals surface area contributed by atoms with E-state index in [4.69, 9.17) is 14.0 Å². The number of amides is 1. The van der Waals surface area contributed by atoms with Crippen molar-refractivity contribution in [1.29, 1.82) is 0 Å². The highest BCUT2D eigenvalue weighted by Crippen LogP contribution is 2.19. The maximum atomic E-state index is 12.6. The third-order valence-corrected chi connectivity index (χ3v) is 4.65. The van der Waals surface area contributed by atoms with Gasteiger partial charge in [-0.25, -0.2) is 4.79 Å². The van der Waals surface area contributed by atoms with Gasteiger partial charge in [-0.05, 0) is 72.7 Å². The Kier molecular flexibility index (Phi) is 7.42. The van der Waals surface area contributed by atoms with Crippen molar-refractivity contribution in [2.45, 2.75) is 73.3 Å². The lowest BCUT2D eigenvalue weighted by Gasteiger charge is -2.32. The number of nitrogens with zero attached hydrogens (tertiary/aromatic N) is 2. The van der Waals surface area contributed by atoms with E-state index in [2.05, 4.69) is 5.16 Å². The molecule has 7 nitrogen and oxygen atoms in total. The van der Waals surface area contributed by atoms with Gasteiger partial charge in [-0.3, -0.25) is 4.79 Å². The second-order valence-electron chi connectivity index (χ2n) is 7.60. The van der Waals surface area contributed by atoms with E-state index in [0.717, 1.165) is 17.0 Å². The molecule has 1 aromatic carbocycles. The fourth-order valence-electron chi connectivity index (χ4n) is 3.14. The zero-order valence-electron chi connectivity index (χ0n) is 18.2. The Bertz CT molecular complexity index is 812. The minimum Gasteiger partial charge on any atom is -0.489 e. The van der Waals surface area contributed by atoms with Crippen LogP contribution < -0.4 is 4.74 Å². The molecule has 0 aliphatic rings. The van der Waals surface area contributed by atoms with Gasteiger partial charge >= 0.3 is 5.97 Å². The summed E-state index contributed by atoms with van der Waals surface area (Å²) in [5.74, 6) is 0.577. The van der Waals surface area contributed by atoms with Gasteiger partial charge < -0.3 is 18.9 Å². The van der Waals surface area contributed by atoms with Crippen molar-refractivity contribution >= 4 is 11.9 Å². The summed E-state index contributed by atoms with van der Waals surface area (Å²) in [4.78, 5) is 26.7. The van der Waals surface area contributed by atoms with E-state index in [-0.39, 0.29) is 18.0 Å². The molecule has 2 rings (SSSR count). The van der Waals surface area contributed by atoms with Crippen molar-refractivity contribution in [2.75, 3.05) is 0 Å². The van der Waals surface area contributed by atoms with E-state index >= 15 is 0 Å². The molecule has 0 saturated carbocycles. The summed E-state index contributed by atoms with van der Waals surface area (Å²) in [6, 6.07) is 6.66. The van der Waals surface area contributed by atoms with Crippen LogP contribution in [0.15, 0.2) is 28.8 Å². The van der Waals surface area contributed by atoms with Crippen LogP contribution in [0, 0.1) is 13.8 Å². The summed E-state index contributed by atoms with van der Waals surface area (Å²) in [6.45, 7) is 13.4. The number of benzene rings is 1. The van der Waals surface area contributed by atoms with Gasteiger partial charge in [0.1, 0.15) is 18.1 Å². The van der Waals surface area contributed by atoms with E-state index < -0.39 is 12.1 Å². The summed E-state index contributed by atoms with van der Waals surface area (Å²) < 4.78 is 16.2. The Morgan fingerprint density at radius 1 is 1.03 bits per heavy atom. The predicted octanol–water partition coefficient (Wildman–Crippen LogP) is 4.06. The van der Waals surface area contributed by atoms with Crippen LogP contribution >= 0.6 is 0 Å². The molecule has 7 heteroatoms. The smallest absolute Gasteiger partial charge is 0.338 e. The normalized spacial score (nSPS) is 12.2. The molecule has 2 aromatic rings. The van der Waals surface area contributed by atoms with Gasteiger partial charge in [-0.2, -0.15) is 0 Å². The van der Waals surface area contributed by atoms with Crippen LogP contribution in [0.25, 0.3) is 0 Å². The molecule has 1 amide bonds. The van der Waals surface area contributed by atoms with Gasteiger partial charge in [0.05, 0.1) is 16.8 Å². The monoisotopic (exact) mass is 402 g/mol. The van der Waals surface area contributed by atoms with Crippen LogP contribution in [0.1, 0.15) is 62.0 Å². The number of aromatic nitrogens is 1. The quantitative estimate of drug-likeness (QED) is 0.619. The molecule has 0 radical (unpaired) electrons. The molecule has 29 heavy (non-hydrogen) atoms. The van der Waals surface area contributed by atoms with Gasteiger partial charge in [0.15, 0.2) is 6.10 Å². The molecule has 0 spiro atoms. The van der Waals surface area contributed by atoms with Crippen molar-refractivity contribution in [3.05, 3.63) is 46.8 Å². The lowest BCUT2D eigenvalue weighted by molar-refractivity contribution is -0.143. The molecular formula is C22H30N2O5. The summed E-state index contributed by atoms with van der Waals surface area (Å²) in [5.41, 5.74) is 2.05. The van der Waals surface area contributed by atoms with E-state index in [0.29, 0.717) is 17.9 Å². The van der Waals surface area contributed by atoms with E-state index in [1.165, 1.54) is 0 Å². The highest BCUT2D eigenvalue weighted by atomic mass is 16.5. The summed E-state index contributed by atoms with van der Waals surface area (Å²) in [7, 11) is 0. The molecular weight excluding hydrogens is 372 g/mol. The van der Waals surface area contributed by atoms with E-state index in [1.54, 1.807) is 36.1 Å². The highest BCUT2D eigenvalue weighted by molar-refractivity contribution is 5.92. The number of rotatable bonds is 8. The number of carbonyl (C=O) groups excluding carboxylic acids is 2. The second-order valence-corrected chi connectivity index (χ2v) is 7.60. The molecule has 0 bridgehead atoms. The van der Waals surface area contributed by atoms with Crippen molar-refractivity contribution in [3.63, 3.8) is 0 Å². The molecule has 1 heterocycles. The first-order chi connectivity index (χ1) is 13.6. The third-order valence-electron chi connectivity index (χ3n) is 4.65. The molecule has 0 unspecified atom stereocenters. The summed E-state index contributed by atoms with van der Waals surface area (Å²) in [5, 5.41) is 3.89. The number of hydrogen-bond donors (Lipinski definition) is 0. The topological polar surface area (TPSA) is 81.9 Å². The Balaban J connectivity index is 1.97. The third kappa shape index (κ3) is 5.59. The SMILES string of the molecule is Cc1noc(C)c1COc1ccc(C(=O)O[C@@H](C)C(=O)N(C(C)C)C(C)C)cc1.